The predicted octanol–water partition coefficient (Wildman–Crippen LogP) is 2.44. The maximum absolute atomic E-state index is 10.8. The lowest BCUT2D eigenvalue weighted by Gasteiger charge is -2.50. The average Bonchev–Trinajstić information content (AvgIpc) is 2.88. The molecule has 3 unspecified atom stereocenters. The Labute approximate surface area is 158 Å². The number of furan rings is 1. The third-order valence-electron chi connectivity index (χ3n) is 7.09. The minimum Gasteiger partial charge on any atom is -0.504 e. The number of benzene rings is 1. The number of aromatic hydroxyl groups is 2. The molecule has 0 spiro atoms. The Bertz CT molecular complexity index is 902. The van der Waals surface area contributed by atoms with Gasteiger partial charge in [0.2, 0.25) is 0 Å². The molecular formula is C20H27BO6. The Kier molecular flexibility index (Phi) is 4.08. The van der Waals surface area contributed by atoms with E-state index in [1.807, 2.05) is 0 Å². The molecule has 4 rings (SSSR count). The van der Waals surface area contributed by atoms with Gasteiger partial charge in [0, 0.05) is 10.9 Å². The molecule has 27 heavy (non-hydrogen) atoms. The van der Waals surface area contributed by atoms with Gasteiger partial charge in [-0.15, -0.1) is 0 Å². The number of phenolic OH excluding ortho intramolecular Hbond substituents is 2. The Hall–Kier alpha value is -1.70. The Balaban J connectivity index is 2.08. The molecule has 2 aliphatic carbocycles. The summed E-state index contributed by atoms with van der Waals surface area (Å²) >= 11 is 0. The number of hydrogen-bond acceptors (Lipinski definition) is 6. The van der Waals surface area contributed by atoms with Gasteiger partial charge in [0.05, 0.1) is 5.46 Å². The molecule has 7 heteroatoms. The van der Waals surface area contributed by atoms with Gasteiger partial charge in [-0.05, 0) is 48.5 Å². The fourth-order valence-corrected chi connectivity index (χ4v) is 5.90. The molecule has 1 heterocycles. The number of phenols is 2. The maximum atomic E-state index is 10.8. The predicted molar refractivity (Wildman–Crippen MR) is 102 cm³/mol. The third-order valence-corrected chi connectivity index (χ3v) is 7.09. The third kappa shape index (κ3) is 2.52. The molecule has 0 bridgehead atoms. The van der Waals surface area contributed by atoms with Crippen LogP contribution in [-0.4, -0.2) is 32.5 Å². The molecule has 146 valence electrons. The summed E-state index contributed by atoms with van der Waals surface area (Å²) in [6.45, 7) is 6.71. The quantitative estimate of drug-likeness (QED) is 0.387. The first-order valence-corrected chi connectivity index (χ1v) is 9.64. The Morgan fingerprint density at radius 1 is 1.11 bits per heavy atom. The summed E-state index contributed by atoms with van der Waals surface area (Å²) in [6, 6.07) is 1.42. The fraction of sp³-hybridized carbons (Fsp3) is 0.600. The van der Waals surface area contributed by atoms with Crippen LogP contribution in [0, 0.1) is 11.3 Å². The van der Waals surface area contributed by atoms with Crippen molar-refractivity contribution < 1.29 is 29.8 Å². The van der Waals surface area contributed by atoms with Gasteiger partial charge in [-0.2, -0.15) is 0 Å². The highest BCUT2D eigenvalue weighted by atomic mass is 16.4. The molecule has 0 amide bonds. The van der Waals surface area contributed by atoms with Crippen molar-refractivity contribution in [2.45, 2.75) is 64.4 Å². The first-order chi connectivity index (χ1) is 12.6. The van der Waals surface area contributed by atoms with E-state index in [0.29, 0.717) is 23.5 Å². The van der Waals surface area contributed by atoms with Crippen LogP contribution in [0.4, 0.5) is 0 Å². The normalized spacial score (nSPS) is 29.9. The Morgan fingerprint density at radius 2 is 1.81 bits per heavy atom. The summed E-state index contributed by atoms with van der Waals surface area (Å²) in [6.07, 6.45) is 3.71. The van der Waals surface area contributed by atoms with Crippen molar-refractivity contribution in [3.63, 3.8) is 0 Å². The smallest absolute Gasteiger partial charge is 0.496 e. The monoisotopic (exact) mass is 374 g/mol. The van der Waals surface area contributed by atoms with Gasteiger partial charge in [0.1, 0.15) is 17.4 Å². The van der Waals surface area contributed by atoms with Crippen LogP contribution in [0.3, 0.4) is 0 Å². The van der Waals surface area contributed by atoms with Crippen molar-refractivity contribution in [2.75, 3.05) is 0 Å². The molecule has 0 saturated heterocycles. The summed E-state index contributed by atoms with van der Waals surface area (Å²) < 4.78 is 5.95. The molecule has 5 N–H and O–H groups in total. The van der Waals surface area contributed by atoms with Gasteiger partial charge >= 0.3 is 7.12 Å². The molecule has 0 radical (unpaired) electrons. The Morgan fingerprint density at radius 3 is 2.48 bits per heavy atom. The van der Waals surface area contributed by atoms with Crippen LogP contribution in [0.2, 0.25) is 0 Å². The van der Waals surface area contributed by atoms with Crippen molar-refractivity contribution in [2.24, 2.45) is 11.3 Å². The summed E-state index contributed by atoms with van der Waals surface area (Å²) in [5.41, 5.74) is 0.504. The lowest BCUT2D eigenvalue weighted by Crippen LogP contribution is -2.44. The molecule has 1 saturated carbocycles. The van der Waals surface area contributed by atoms with Crippen LogP contribution in [-0.2, 0) is 5.41 Å². The van der Waals surface area contributed by atoms with E-state index in [9.17, 15) is 25.4 Å². The van der Waals surface area contributed by atoms with Gasteiger partial charge < -0.3 is 29.8 Å². The second-order valence-corrected chi connectivity index (χ2v) is 9.15. The standard InChI is InChI=1S/C20H27BO6/c1-19(2)7-4-8-20(3)13(19)6-5-11(22)18-14(20)10-9-12(23)16(24)15(21(25)26)17(10)27-18/h9,11,13,22-26H,4-8H2,1-3H3. The van der Waals surface area contributed by atoms with E-state index >= 15 is 0 Å². The largest absolute Gasteiger partial charge is 0.504 e. The van der Waals surface area contributed by atoms with Gasteiger partial charge in [0.15, 0.2) is 11.5 Å². The van der Waals surface area contributed by atoms with E-state index in [1.165, 1.54) is 6.07 Å². The van der Waals surface area contributed by atoms with E-state index in [1.54, 1.807) is 0 Å². The van der Waals surface area contributed by atoms with Crippen molar-refractivity contribution >= 4 is 23.6 Å². The minimum absolute atomic E-state index is 0.0935. The van der Waals surface area contributed by atoms with Crippen LogP contribution in [0.25, 0.3) is 11.0 Å². The SMILES string of the molecule is CC1(C)CCCC2(C)c3c(oc4c(B(O)O)c(O)c(O)cc34)C(O)CCC12. The van der Waals surface area contributed by atoms with Crippen LogP contribution >= 0.6 is 0 Å². The van der Waals surface area contributed by atoms with E-state index < -0.39 is 24.7 Å². The number of rotatable bonds is 1. The molecule has 3 atom stereocenters. The minimum atomic E-state index is -2.00. The topological polar surface area (TPSA) is 114 Å². The van der Waals surface area contributed by atoms with E-state index in [2.05, 4.69) is 20.8 Å². The fourth-order valence-electron chi connectivity index (χ4n) is 5.90. The van der Waals surface area contributed by atoms with Crippen LogP contribution < -0.4 is 5.46 Å². The summed E-state index contributed by atoms with van der Waals surface area (Å²) in [5.74, 6) is -0.307. The van der Waals surface area contributed by atoms with Crippen molar-refractivity contribution in [3.05, 3.63) is 17.4 Å². The maximum Gasteiger partial charge on any atom is 0.496 e. The summed E-state index contributed by atoms with van der Waals surface area (Å²) in [7, 11) is -2.00. The van der Waals surface area contributed by atoms with Gasteiger partial charge in [-0.25, -0.2) is 0 Å². The van der Waals surface area contributed by atoms with Gasteiger partial charge in [0.25, 0.3) is 0 Å². The second-order valence-electron chi connectivity index (χ2n) is 9.15. The first kappa shape index (κ1) is 18.7. The second kappa shape index (κ2) is 5.90. The lowest BCUT2D eigenvalue weighted by molar-refractivity contribution is 0.0445. The molecule has 1 aromatic heterocycles. The van der Waals surface area contributed by atoms with E-state index in [4.69, 9.17) is 4.42 Å². The average molecular weight is 374 g/mol. The summed E-state index contributed by atoms with van der Waals surface area (Å²) in [4.78, 5) is 0. The van der Waals surface area contributed by atoms with Crippen molar-refractivity contribution in [3.8, 4) is 11.5 Å². The molecular weight excluding hydrogens is 347 g/mol. The highest BCUT2D eigenvalue weighted by Crippen LogP contribution is 2.59. The van der Waals surface area contributed by atoms with Crippen molar-refractivity contribution in [1.29, 1.82) is 0 Å². The lowest BCUT2D eigenvalue weighted by atomic mass is 9.53. The molecule has 0 aliphatic heterocycles. The van der Waals surface area contributed by atoms with Crippen LogP contribution in [0.15, 0.2) is 10.5 Å². The number of hydrogen-bond donors (Lipinski definition) is 5. The van der Waals surface area contributed by atoms with E-state index in [0.717, 1.165) is 31.2 Å². The summed E-state index contributed by atoms with van der Waals surface area (Å²) in [5, 5.41) is 51.2. The molecule has 1 aromatic carbocycles. The highest BCUT2D eigenvalue weighted by Gasteiger charge is 2.52. The van der Waals surface area contributed by atoms with Crippen LogP contribution in [0.1, 0.15) is 70.3 Å². The zero-order valence-electron chi connectivity index (χ0n) is 16.0. The number of aliphatic hydroxyl groups excluding tert-OH is 1. The van der Waals surface area contributed by atoms with Crippen LogP contribution in [0.5, 0.6) is 11.5 Å². The number of aliphatic hydroxyl groups is 1. The molecule has 6 nitrogen and oxygen atoms in total. The molecule has 2 aliphatic rings. The van der Waals surface area contributed by atoms with Gasteiger partial charge in [-0.3, -0.25) is 0 Å². The van der Waals surface area contributed by atoms with E-state index in [-0.39, 0.29) is 21.9 Å². The molecule has 1 fully saturated rings. The van der Waals surface area contributed by atoms with Crippen molar-refractivity contribution in [1.82, 2.24) is 0 Å². The van der Waals surface area contributed by atoms with Gasteiger partial charge in [-0.1, -0.05) is 27.2 Å². The number of fused-ring (bicyclic) bond motifs is 5. The molecule has 2 aromatic rings. The zero-order chi connectivity index (χ0) is 19.7. The highest BCUT2D eigenvalue weighted by molar-refractivity contribution is 6.63. The zero-order valence-corrected chi connectivity index (χ0v) is 16.0. The first-order valence-electron chi connectivity index (χ1n) is 9.64.